The summed E-state index contributed by atoms with van der Waals surface area (Å²) in [6.07, 6.45) is 5.96. The summed E-state index contributed by atoms with van der Waals surface area (Å²) in [5.41, 5.74) is 6.82. The highest BCUT2D eigenvalue weighted by Crippen LogP contribution is 2.41. The van der Waals surface area contributed by atoms with E-state index in [0.29, 0.717) is 13.2 Å². The lowest BCUT2D eigenvalue weighted by Gasteiger charge is -2.41. The number of para-hydroxylation sites is 1. The molecule has 0 saturated heterocycles. The van der Waals surface area contributed by atoms with Gasteiger partial charge in [0, 0.05) is 17.5 Å². The molecule has 1 aliphatic rings. The first-order valence-corrected chi connectivity index (χ1v) is 7.85. The van der Waals surface area contributed by atoms with Gasteiger partial charge in [-0.3, -0.25) is 0 Å². The van der Waals surface area contributed by atoms with Crippen LogP contribution in [0.5, 0.6) is 5.75 Å². The van der Waals surface area contributed by atoms with Gasteiger partial charge >= 0.3 is 0 Å². The number of nitrogens with two attached hydrogens (primary N) is 1. The Balaban J connectivity index is 2.13. The summed E-state index contributed by atoms with van der Waals surface area (Å²) in [6, 6.07) is 8.00. The summed E-state index contributed by atoms with van der Waals surface area (Å²) in [5.74, 6) is 0.886. The van der Waals surface area contributed by atoms with E-state index in [1.807, 2.05) is 18.2 Å². The number of hydrogen-bond acceptors (Lipinski definition) is 3. The van der Waals surface area contributed by atoms with Crippen molar-refractivity contribution in [2.45, 2.75) is 57.0 Å². The third-order valence-electron chi connectivity index (χ3n) is 4.56. The van der Waals surface area contributed by atoms with E-state index in [0.717, 1.165) is 30.6 Å². The maximum absolute atomic E-state index is 10.7. The number of fused-ring (bicyclic) bond motifs is 1. The van der Waals surface area contributed by atoms with E-state index < -0.39 is 0 Å². The predicted octanol–water partition coefficient (Wildman–Crippen LogP) is 3.00. The first kappa shape index (κ1) is 15.3. The Morgan fingerprint density at radius 2 is 2.10 bits per heavy atom. The van der Waals surface area contributed by atoms with Gasteiger partial charge in [-0.05, 0) is 18.9 Å². The number of aliphatic hydroxyl groups is 1. The highest BCUT2D eigenvalue weighted by molar-refractivity contribution is 5.42. The summed E-state index contributed by atoms with van der Waals surface area (Å²) < 4.78 is 5.71. The van der Waals surface area contributed by atoms with E-state index >= 15 is 0 Å². The average Bonchev–Trinajstić information content (AvgIpc) is 2.50. The van der Waals surface area contributed by atoms with Crippen LogP contribution in [0.15, 0.2) is 24.3 Å². The second-order valence-electron chi connectivity index (χ2n) is 5.82. The van der Waals surface area contributed by atoms with Crippen LogP contribution in [0.1, 0.15) is 51.0 Å². The Morgan fingerprint density at radius 3 is 2.85 bits per heavy atom. The van der Waals surface area contributed by atoms with Crippen LogP contribution < -0.4 is 10.5 Å². The topological polar surface area (TPSA) is 55.5 Å². The number of unbranched alkanes of at least 4 members (excludes halogenated alkanes) is 3. The molecule has 0 saturated carbocycles. The molecule has 0 spiro atoms. The summed E-state index contributed by atoms with van der Waals surface area (Å²) in [6.45, 7) is 3.31. The summed E-state index contributed by atoms with van der Waals surface area (Å²) in [4.78, 5) is 0. The normalized spacial score (nSPS) is 22.9. The van der Waals surface area contributed by atoms with E-state index in [1.165, 1.54) is 19.3 Å². The first-order chi connectivity index (χ1) is 9.74. The lowest BCUT2D eigenvalue weighted by atomic mass is 9.70. The highest BCUT2D eigenvalue weighted by Gasteiger charge is 2.42. The SMILES string of the molecule is CCCCCCC(O)C1(CN)CCOc2ccccc21. The van der Waals surface area contributed by atoms with Crippen molar-refractivity contribution in [3.63, 3.8) is 0 Å². The van der Waals surface area contributed by atoms with Crippen molar-refractivity contribution in [2.24, 2.45) is 5.73 Å². The Bertz CT molecular complexity index is 421. The molecule has 0 aliphatic carbocycles. The fourth-order valence-electron chi connectivity index (χ4n) is 3.22. The van der Waals surface area contributed by atoms with Crippen molar-refractivity contribution in [2.75, 3.05) is 13.2 Å². The monoisotopic (exact) mass is 277 g/mol. The Hall–Kier alpha value is -1.06. The number of rotatable bonds is 7. The minimum absolute atomic E-state index is 0.332. The van der Waals surface area contributed by atoms with Crippen LogP contribution in [-0.2, 0) is 5.41 Å². The fraction of sp³-hybridized carbons (Fsp3) is 0.647. The molecule has 20 heavy (non-hydrogen) atoms. The molecule has 3 N–H and O–H groups in total. The van der Waals surface area contributed by atoms with Gasteiger partial charge in [0.15, 0.2) is 0 Å². The maximum Gasteiger partial charge on any atom is 0.123 e. The van der Waals surface area contributed by atoms with E-state index in [4.69, 9.17) is 10.5 Å². The molecule has 1 aromatic rings. The number of aliphatic hydroxyl groups excluding tert-OH is 1. The molecule has 112 valence electrons. The molecule has 0 fully saturated rings. The van der Waals surface area contributed by atoms with Gasteiger partial charge in [0.25, 0.3) is 0 Å². The predicted molar refractivity (Wildman–Crippen MR) is 82.1 cm³/mol. The molecule has 0 amide bonds. The molecular formula is C17H27NO2. The van der Waals surface area contributed by atoms with Crippen LogP contribution in [0.4, 0.5) is 0 Å². The zero-order valence-electron chi connectivity index (χ0n) is 12.5. The number of ether oxygens (including phenoxy) is 1. The molecule has 1 aromatic carbocycles. The van der Waals surface area contributed by atoms with Crippen LogP contribution in [0.2, 0.25) is 0 Å². The van der Waals surface area contributed by atoms with Crippen molar-refractivity contribution in [1.29, 1.82) is 0 Å². The Labute approximate surface area is 122 Å². The van der Waals surface area contributed by atoms with Crippen molar-refractivity contribution in [3.8, 4) is 5.75 Å². The zero-order valence-corrected chi connectivity index (χ0v) is 12.5. The second-order valence-corrected chi connectivity index (χ2v) is 5.82. The van der Waals surface area contributed by atoms with Gasteiger partial charge in [0.05, 0.1) is 12.7 Å². The third-order valence-corrected chi connectivity index (χ3v) is 4.56. The Kier molecular flexibility index (Phi) is 5.44. The highest BCUT2D eigenvalue weighted by atomic mass is 16.5. The lowest BCUT2D eigenvalue weighted by molar-refractivity contribution is 0.0461. The molecule has 2 rings (SSSR count). The van der Waals surface area contributed by atoms with E-state index in [2.05, 4.69) is 13.0 Å². The van der Waals surface area contributed by atoms with Crippen LogP contribution in [0.3, 0.4) is 0 Å². The summed E-state index contributed by atoms with van der Waals surface area (Å²) >= 11 is 0. The molecule has 3 nitrogen and oxygen atoms in total. The van der Waals surface area contributed by atoms with Crippen LogP contribution in [0.25, 0.3) is 0 Å². The van der Waals surface area contributed by atoms with E-state index in [-0.39, 0.29) is 11.5 Å². The number of hydrogen-bond donors (Lipinski definition) is 2. The van der Waals surface area contributed by atoms with E-state index in [1.54, 1.807) is 0 Å². The lowest BCUT2D eigenvalue weighted by Crippen LogP contribution is -2.49. The average molecular weight is 277 g/mol. The van der Waals surface area contributed by atoms with Gasteiger partial charge in [0.2, 0.25) is 0 Å². The van der Waals surface area contributed by atoms with Crippen molar-refractivity contribution in [3.05, 3.63) is 29.8 Å². The second kappa shape index (κ2) is 7.09. The molecule has 0 radical (unpaired) electrons. The van der Waals surface area contributed by atoms with Gasteiger partial charge in [-0.1, -0.05) is 50.8 Å². The van der Waals surface area contributed by atoms with Crippen molar-refractivity contribution < 1.29 is 9.84 Å². The number of benzene rings is 1. The minimum Gasteiger partial charge on any atom is -0.493 e. The molecule has 1 aliphatic heterocycles. The third kappa shape index (κ3) is 2.99. The van der Waals surface area contributed by atoms with Gasteiger partial charge in [-0.15, -0.1) is 0 Å². The molecule has 2 unspecified atom stereocenters. The maximum atomic E-state index is 10.7. The standard InChI is InChI=1S/C17H27NO2/c1-2-3-4-5-10-16(19)17(13-18)11-12-20-15-9-7-6-8-14(15)17/h6-9,16,19H,2-5,10-13,18H2,1H3. The molecule has 0 bridgehead atoms. The molecule has 1 heterocycles. The van der Waals surface area contributed by atoms with Crippen molar-refractivity contribution in [1.82, 2.24) is 0 Å². The minimum atomic E-state index is -0.380. The molecule has 3 heteroatoms. The zero-order chi connectivity index (χ0) is 14.4. The van der Waals surface area contributed by atoms with Crippen LogP contribution in [-0.4, -0.2) is 24.4 Å². The van der Waals surface area contributed by atoms with E-state index in [9.17, 15) is 5.11 Å². The molecule has 2 atom stereocenters. The van der Waals surface area contributed by atoms with Gasteiger partial charge in [0.1, 0.15) is 5.75 Å². The summed E-state index contributed by atoms with van der Waals surface area (Å²) in [7, 11) is 0. The van der Waals surface area contributed by atoms with Crippen LogP contribution in [0, 0.1) is 0 Å². The van der Waals surface area contributed by atoms with Gasteiger partial charge in [-0.25, -0.2) is 0 Å². The van der Waals surface area contributed by atoms with Crippen LogP contribution >= 0.6 is 0 Å². The van der Waals surface area contributed by atoms with Gasteiger partial charge in [-0.2, -0.15) is 0 Å². The first-order valence-electron chi connectivity index (χ1n) is 7.85. The summed E-state index contributed by atoms with van der Waals surface area (Å²) in [5, 5.41) is 10.7. The molecule has 0 aromatic heterocycles. The van der Waals surface area contributed by atoms with Gasteiger partial charge < -0.3 is 15.6 Å². The Morgan fingerprint density at radius 1 is 1.30 bits per heavy atom. The smallest absolute Gasteiger partial charge is 0.123 e. The largest absolute Gasteiger partial charge is 0.493 e. The molecular weight excluding hydrogens is 250 g/mol. The quantitative estimate of drug-likeness (QED) is 0.753. The fourth-order valence-corrected chi connectivity index (χ4v) is 3.22. The van der Waals surface area contributed by atoms with Crippen molar-refractivity contribution >= 4 is 0 Å².